The molecule has 0 unspecified atom stereocenters. The van der Waals surface area contributed by atoms with Gasteiger partial charge in [-0.05, 0) is 18.2 Å². The van der Waals surface area contributed by atoms with Gasteiger partial charge in [-0.1, -0.05) is 6.07 Å². The van der Waals surface area contributed by atoms with Crippen LogP contribution in [0.15, 0.2) is 42.5 Å². The molecule has 0 atom stereocenters. The Morgan fingerprint density at radius 3 is 2.38 bits per heavy atom. The van der Waals surface area contributed by atoms with E-state index in [0.717, 1.165) is 30.3 Å². The molecule has 0 aliphatic rings. The highest BCUT2D eigenvalue weighted by molar-refractivity contribution is 5.42. The van der Waals surface area contributed by atoms with E-state index in [1.54, 1.807) is 0 Å². The predicted molar refractivity (Wildman–Crippen MR) is 64.6 cm³/mol. The molecule has 2 aromatic rings. The lowest BCUT2D eigenvalue weighted by Gasteiger charge is -2.10. The number of nitro groups is 1. The summed E-state index contributed by atoms with van der Waals surface area (Å²) < 4.78 is 55.8. The maximum absolute atomic E-state index is 13.2. The molecular weight excluding hydrogens is 294 g/mol. The molecule has 0 aromatic heterocycles. The van der Waals surface area contributed by atoms with E-state index in [-0.39, 0.29) is 11.5 Å². The average Bonchev–Trinajstić information content (AvgIpc) is 2.37. The molecule has 4 nitrogen and oxygen atoms in total. The minimum atomic E-state index is -4.55. The summed E-state index contributed by atoms with van der Waals surface area (Å²) in [6.07, 6.45) is -4.55. The zero-order valence-corrected chi connectivity index (χ0v) is 10.2. The SMILES string of the molecule is O=[N+]([O-])c1cc(F)cc(Oc2cccc(C(F)(F)F)c2)c1. The van der Waals surface area contributed by atoms with E-state index >= 15 is 0 Å². The molecule has 0 spiro atoms. The molecule has 0 saturated heterocycles. The first-order chi connectivity index (χ1) is 9.75. The third-order valence-electron chi connectivity index (χ3n) is 2.46. The Morgan fingerprint density at radius 1 is 1.05 bits per heavy atom. The fraction of sp³-hybridized carbons (Fsp3) is 0.0769. The van der Waals surface area contributed by atoms with Crippen LogP contribution in [0.1, 0.15) is 5.56 Å². The molecule has 0 fully saturated rings. The number of alkyl halides is 3. The van der Waals surface area contributed by atoms with Crippen LogP contribution in [0, 0.1) is 15.9 Å². The number of nitro benzene ring substituents is 1. The van der Waals surface area contributed by atoms with Gasteiger partial charge in [0.25, 0.3) is 5.69 Å². The smallest absolute Gasteiger partial charge is 0.416 e. The minimum absolute atomic E-state index is 0.204. The second-order valence-electron chi connectivity index (χ2n) is 4.03. The maximum atomic E-state index is 13.2. The van der Waals surface area contributed by atoms with Crippen molar-refractivity contribution in [3.63, 3.8) is 0 Å². The van der Waals surface area contributed by atoms with Gasteiger partial charge in [0.1, 0.15) is 17.3 Å². The van der Waals surface area contributed by atoms with Gasteiger partial charge in [0.2, 0.25) is 0 Å². The Hall–Kier alpha value is -2.64. The van der Waals surface area contributed by atoms with Gasteiger partial charge in [-0.3, -0.25) is 10.1 Å². The van der Waals surface area contributed by atoms with Gasteiger partial charge >= 0.3 is 6.18 Å². The number of benzene rings is 2. The topological polar surface area (TPSA) is 52.4 Å². The van der Waals surface area contributed by atoms with Crippen LogP contribution in [0.3, 0.4) is 0 Å². The lowest BCUT2D eigenvalue weighted by Crippen LogP contribution is -2.04. The van der Waals surface area contributed by atoms with Crippen molar-refractivity contribution in [2.75, 3.05) is 0 Å². The van der Waals surface area contributed by atoms with Crippen LogP contribution in [-0.2, 0) is 6.18 Å². The Balaban J connectivity index is 2.32. The molecule has 0 radical (unpaired) electrons. The highest BCUT2D eigenvalue weighted by Gasteiger charge is 2.30. The van der Waals surface area contributed by atoms with Crippen molar-refractivity contribution >= 4 is 5.69 Å². The van der Waals surface area contributed by atoms with Gasteiger partial charge in [-0.25, -0.2) is 4.39 Å². The van der Waals surface area contributed by atoms with E-state index in [2.05, 4.69) is 0 Å². The highest BCUT2D eigenvalue weighted by atomic mass is 19.4. The van der Waals surface area contributed by atoms with E-state index in [9.17, 15) is 27.7 Å². The third kappa shape index (κ3) is 3.68. The summed E-state index contributed by atoms with van der Waals surface area (Å²) in [5.41, 5.74) is -1.50. The molecular formula is C13H7F4NO3. The van der Waals surface area contributed by atoms with Gasteiger partial charge in [0.05, 0.1) is 22.6 Å². The number of hydrogen-bond donors (Lipinski definition) is 0. The van der Waals surface area contributed by atoms with E-state index < -0.39 is 28.2 Å². The van der Waals surface area contributed by atoms with Crippen LogP contribution >= 0.6 is 0 Å². The fourth-order valence-electron chi connectivity index (χ4n) is 1.58. The summed E-state index contributed by atoms with van der Waals surface area (Å²) >= 11 is 0. The van der Waals surface area contributed by atoms with E-state index in [0.29, 0.717) is 6.07 Å². The number of hydrogen-bond acceptors (Lipinski definition) is 3. The summed E-state index contributed by atoms with van der Waals surface area (Å²) in [5, 5.41) is 10.6. The number of halogens is 4. The van der Waals surface area contributed by atoms with Crippen LogP contribution < -0.4 is 4.74 Å². The molecule has 0 amide bonds. The second-order valence-corrected chi connectivity index (χ2v) is 4.03. The van der Waals surface area contributed by atoms with Gasteiger partial charge in [-0.15, -0.1) is 0 Å². The summed E-state index contributed by atoms with van der Waals surface area (Å²) in [6.45, 7) is 0. The van der Waals surface area contributed by atoms with Gasteiger partial charge < -0.3 is 4.74 Å². The Morgan fingerprint density at radius 2 is 1.76 bits per heavy atom. The number of ether oxygens (including phenoxy) is 1. The van der Waals surface area contributed by atoms with Crippen molar-refractivity contribution in [2.45, 2.75) is 6.18 Å². The first-order valence-electron chi connectivity index (χ1n) is 5.56. The first-order valence-corrected chi connectivity index (χ1v) is 5.56. The third-order valence-corrected chi connectivity index (χ3v) is 2.46. The Bertz CT molecular complexity index is 685. The monoisotopic (exact) mass is 301 g/mol. The molecule has 110 valence electrons. The largest absolute Gasteiger partial charge is 0.457 e. The molecule has 21 heavy (non-hydrogen) atoms. The number of non-ortho nitro benzene ring substituents is 1. The van der Waals surface area contributed by atoms with Gasteiger partial charge in [0.15, 0.2) is 0 Å². The highest BCUT2D eigenvalue weighted by Crippen LogP contribution is 2.33. The zero-order chi connectivity index (χ0) is 15.6. The quantitative estimate of drug-likeness (QED) is 0.475. The Kier molecular flexibility index (Phi) is 3.79. The molecule has 2 aromatic carbocycles. The molecule has 0 bridgehead atoms. The van der Waals surface area contributed by atoms with Crippen LogP contribution in [0.25, 0.3) is 0 Å². The molecule has 0 N–H and O–H groups in total. The fourth-order valence-corrected chi connectivity index (χ4v) is 1.58. The van der Waals surface area contributed by atoms with Crippen molar-refractivity contribution < 1.29 is 27.2 Å². The summed E-state index contributed by atoms with van der Waals surface area (Å²) in [4.78, 5) is 9.75. The minimum Gasteiger partial charge on any atom is -0.457 e. The van der Waals surface area contributed by atoms with Crippen molar-refractivity contribution in [2.24, 2.45) is 0 Å². The van der Waals surface area contributed by atoms with Crippen LogP contribution in [0.2, 0.25) is 0 Å². The van der Waals surface area contributed by atoms with Crippen LogP contribution in [-0.4, -0.2) is 4.92 Å². The average molecular weight is 301 g/mol. The summed E-state index contributed by atoms with van der Waals surface area (Å²) in [7, 11) is 0. The number of rotatable bonds is 3. The molecule has 8 heteroatoms. The van der Waals surface area contributed by atoms with Gasteiger partial charge in [0, 0.05) is 6.07 Å². The number of nitrogens with zero attached hydrogens (tertiary/aromatic N) is 1. The van der Waals surface area contributed by atoms with Gasteiger partial charge in [-0.2, -0.15) is 13.2 Å². The van der Waals surface area contributed by atoms with Crippen LogP contribution in [0.5, 0.6) is 11.5 Å². The Labute approximate surface area is 115 Å². The lowest BCUT2D eigenvalue weighted by atomic mass is 10.2. The second kappa shape index (κ2) is 5.39. The molecule has 0 heterocycles. The molecule has 2 rings (SSSR count). The first kappa shape index (κ1) is 14.8. The van der Waals surface area contributed by atoms with E-state index in [1.165, 1.54) is 6.07 Å². The van der Waals surface area contributed by atoms with Crippen molar-refractivity contribution in [1.29, 1.82) is 0 Å². The van der Waals surface area contributed by atoms with Crippen molar-refractivity contribution in [3.05, 3.63) is 64.0 Å². The normalized spacial score (nSPS) is 11.2. The van der Waals surface area contributed by atoms with Crippen molar-refractivity contribution in [1.82, 2.24) is 0 Å². The molecule has 0 aliphatic carbocycles. The van der Waals surface area contributed by atoms with Crippen LogP contribution in [0.4, 0.5) is 23.2 Å². The maximum Gasteiger partial charge on any atom is 0.416 e. The van der Waals surface area contributed by atoms with E-state index in [4.69, 9.17) is 4.74 Å². The van der Waals surface area contributed by atoms with E-state index in [1.807, 2.05) is 0 Å². The lowest BCUT2D eigenvalue weighted by molar-refractivity contribution is -0.385. The standard InChI is InChI=1S/C13H7F4NO3/c14-9-5-10(18(19)20)7-12(6-9)21-11-3-1-2-8(4-11)13(15,16)17/h1-7H. The summed E-state index contributed by atoms with van der Waals surface area (Å²) in [5.74, 6) is -1.39. The van der Waals surface area contributed by atoms with Crippen molar-refractivity contribution in [3.8, 4) is 11.5 Å². The summed E-state index contributed by atoms with van der Waals surface area (Å²) in [6, 6.07) is 6.35. The zero-order valence-electron chi connectivity index (χ0n) is 10.2. The predicted octanol–water partition coefficient (Wildman–Crippen LogP) is 4.55. The molecule has 0 aliphatic heterocycles. The molecule has 0 saturated carbocycles.